The summed E-state index contributed by atoms with van der Waals surface area (Å²) in [5.74, 6) is 2.91. The molecule has 4 fully saturated rings. The molecular weight excluding hydrogens is 384 g/mol. The van der Waals surface area contributed by atoms with Gasteiger partial charge in [-0.2, -0.15) is 0 Å². The zero-order valence-electron chi connectivity index (χ0n) is 12.4. The molecule has 0 N–H and O–H groups in total. The van der Waals surface area contributed by atoms with Gasteiger partial charge in [-0.25, -0.2) is 0 Å². The number of hydrogen-bond acceptors (Lipinski definition) is 2. The molecule has 0 aromatic carbocycles. The molecular formula is C16H24Br2O2. The van der Waals surface area contributed by atoms with E-state index in [1.54, 1.807) is 0 Å². The van der Waals surface area contributed by atoms with E-state index in [1.165, 1.54) is 12.8 Å². The monoisotopic (exact) mass is 406 g/mol. The Hall–Kier alpha value is 0.880. The molecule has 0 aromatic heterocycles. The average Bonchev–Trinajstić information content (AvgIpc) is 2.64. The Morgan fingerprint density at radius 1 is 1.15 bits per heavy atom. The molecule has 20 heavy (non-hydrogen) atoms. The van der Waals surface area contributed by atoms with E-state index in [-0.39, 0.29) is 9.02 Å². The lowest BCUT2D eigenvalue weighted by molar-refractivity contribution is -0.247. The van der Waals surface area contributed by atoms with E-state index in [9.17, 15) is 0 Å². The molecule has 0 aromatic rings. The van der Waals surface area contributed by atoms with E-state index in [1.807, 2.05) is 0 Å². The number of ether oxygens (including phenoxy) is 2. The van der Waals surface area contributed by atoms with E-state index < -0.39 is 0 Å². The highest BCUT2D eigenvalue weighted by atomic mass is 79.9. The van der Waals surface area contributed by atoms with Crippen LogP contribution in [-0.4, -0.2) is 21.2 Å². The van der Waals surface area contributed by atoms with Crippen molar-refractivity contribution in [1.29, 1.82) is 0 Å². The Balaban J connectivity index is 1.59. The maximum Gasteiger partial charge on any atom is 0.172 e. The molecule has 0 bridgehead atoms. The fourth-order valence-corrected chi connectivity index (χ4v) is 6.94. The van der Waals surface area contributed by atoms with Gasteiger partial charge in [-0.05, 0) is 30.6 Å². The van der Waals surface area contributed by atoms with Crippen LogP contribution in [0.3, 0.4) is 0 Å². The Morgan fingerprint density at radius 3 is 2.60 bits per heavy atom. The van der Waals surface area contributed by atoms with Crippen molar-refractivity contribution in [3.05, 3.63) is 0 Å². The highest BCUT2D eigenvalue weighted by molar-refractivity contribution is 9.25. The van der Waals surface area contributed by atoms with E-state index in [4.69, 9.17) is 9.47 Å². The minimum atomic E-state index is -0.287. The molecule has 0 unspecified atom stereocenters. The molecule has 4 aliphatic rings. The Labute approximate surface area is 138 Å². The predicted molar refractivity (Wildman–Crippen MR) is 86.0 cm³/mol. The van der Waals surface area contributed by atoms with Gasteiger partial charge in [0, 0.05) is 18.3 Å². The first-order valence-electron chi connectivity index (χ1n) is 8.08. The summed E-state index contributed by atoms with van der Waals surface area (Å²) in [6.45, 7) is 6.99. The van der Waals surface area contributed by atoms with E-state index in [0.29, 0.717) is 35.9 Å². The number of fused-ring (bicyclic) bond motifs is 3. The Bertz CT molecular complexity index is 425. The van der Waals surface area contributed by atoms with Crippen molar-refractivity contribution in [3.63, 3.8) is 0 Å². The first-order valence-corrected chi connectivity index (χ1v) is 9.67. The highest BCUT2D eigenvalue weighted by Crippen LogP contribution is 2.72. The van der Waals surface area contributed by atoms with E-state index >= 15 is 0 Å². The molecule has 1 saturated heterocycles. The summed E-state index contributed by atoms with van der Waals surface area (Å²) in [7, 11) is 0. The summed E-state index contributed by atoms with van der Waals surface area (Å²) in [4.78, 5) is 0. The molecule has 0 amide bonds. The van der Waals surface area contributed by atoms with Crippen LogP contribution in [0, 0.1) is 29.6 Å². The molecule has 4 rings (SSSR count). The van der Waals surface area contributed by atoms with Crippen LogP contribution in [0.4, 0.5) is 0 Å². The van der Waals surface area contributed by atoms with Crippen LogP contribution in [-0.2, 0) is 9.47 Å². The lowest BCUT2D eigenvalue weighted by Gasteiger charge is -2.44. The molecule has 3 saturated carbocycles. The van der Waals surface area contributed by atoms with Crippen LogP contribution in [0.15, 0.2) is 0 Å². The van der Waals surface area contributed by atoms with Gasteiger partial charge in [0.05, 0.1) is 15.4 Å². The van der Waals surface area contributed by atoms with Gasteiger partial charge in [0.15, 0.2) is 5.79 Å². The van der Waals surface area contributed by atoms with Crippen molar-refractivity contribution in [2.45, 2.75) is 67.7 Å². The maximum atomic E-state index is 6.67. The van der Waals surface area contributed by atoms with E-state index in [0.717, 1.165) is 18.8 Å². The van der Waals surface area contributed by atoms with Crippen LogP contribution < -0.4 is 0 Å². The Kier molecular flexibility index (Phi) is 3.22. The zero-order valence-corrected chi connectivity index (χ0v) is 15.6. The minimum Gasteiger partial charge on any atom is -0.344 e. The van der Waals surface area contributed by atoms with Crippen molar-refractivity contribution in [2.24, 2.45) is 29.6 Å². The van der Waals surface area contributed by atoms with Gasteiger partial charge in [0.2, 0.25) is 0 Å². The van der Waals surface area contributed by atoms with Crippen LogP contribution in [0.25, 0.3) is 0 Å². The third-order valence-electron chi connectivity index (χ3n) is 6.13. The number of halogens is 2. The quantitative estimate of drug-likeness (QED) is 0.586. The molecule has 1 heterocycles. The fourth-order valence-electron chi connectivity index (χ4n) is 5.10. The third-order valence-corrected chi connectivity index (χ3v) is 8.36. The summed E-state index contributed by atoms with van der Waals surface area (Å²) >= 11 is 7.63. The Morgan fingerprint density at radius 2 is 1.90 bits per heavy atom. The van der Waals surface area contributed by atoms with Gasteiger partial charge < -0.3 is 9.47 Å². The van der Waals surface area contributed by atoms with Crippen molar-refractivity contribution in [1.82, 2.24) is 0 Å². The maximum absolute atomic E-state index is 6.67. The van der Waals surface area contributed by atoms with Gasteiger partial charge in [0.1, 0.15) is 0 Å². The lowest BCUT2D eigenvalue weighted by atomic mass is 9.73. The zero-order chi connectivity index (χ0) is 14.3. The van der Waals surface area contributed by atoms with Gasteiger partial charge in [-0.3, -0.25) is 0 Å². The van der Waals surface area contributed by atoms with Gasteiger partial charge >= 0.3 is 0 Å². The molecule has 1 spiro atoms. The van der Waals surface area contributed by atoms with Crippen molar-refractivity contribution < 1.29 is 9.47 Å². The first-order chi connectivity index (χ1) is 9.35. The predicted octanol–water partition coefficient (Wildman–Crippen LogP) is 4.69. The molecule has 3 aliphatic carbocycles. The van der Waals surface area contributed by atoms with Crippen LogP contribution in [0.5, 0.6) is 0 Å². The molecule has 114 valence electrons. The van der Waals surface area contributed by atoms with Crippen LogP contribution in [0.1, 0.15) is 46.5 Å². The first kappa shape index (κ1) is 14.5. The second-order valence-corrected chi connectivity index (χ2v) is 11.5. The number of rotatable bonds is 1. The molecule has 1 aliphatic heterocycles. The minimum absolute atomic E-state index is 0.129. The van der Waals surface area contributed by atoms with Gasteiger partial charge in [0.25, 0.3) is 0 Å². The third kappa shape index (κ3) is 1.87. The molecule has 4 heteroatoms. The van der Waals surface area contributed by atoms with Crippen molar-refractivity contribution in [3.8, 4) is 0 Å². The lowest BCUT2D eigenvalue weighted by Crippen LogP contribution is -2.47. The smallest absolute Gasteiger partial charge is 0.172 e. The summed E-state index contributed by atoms with van der Waals surface area (Å²) in [5.41, 5.74) is 0. The summed E-state index contributed by atoms with van der Waals surface area (Å²) in [6, 6.07) is 0. The molecule has 2 nitrogen and oxygen atoms in total. The second kappa shape index (κ2) is 4.46. The van der Waals surface area contributed by atoms with Gasteiger partial charge in [-0.1, -0.05) is 59.1 Å². The second-order valence-electron chi connectivity index (χ2n) is 7.83. The highest BCUT2D eigenvalue weighted by Gasteiger charge is 2.75. The van der Waals surface area contributed by atoms with Crippen LogP contribution >= 0.6 is 31.9 Å². The van der Waals surface area contributed by atoms with Crippen molar-refractivity contribution in [2.75, 3.05) is 0 Å². The summed E-state index contributed by atoms with van der Waals surface area (Å²) in [6.07, 6.45) is 5.43. The number of hydrogen-bond donors (Lipinski definition) is 0. The summed E-state index contributed by atoms with van der Waals surface area (Å²) < 4.78 is 13.4. The van der Waals surface area contributed by atoms with Crippen LogP contribution in [0.2, 0.25) is 0 Å². The largest absolute Gasteiger partial charge is 0.344 e. The SMILES string of the molecule is CC(C)[C@@H]1CC[C@@H](C)C[C@]12O[C@@H]1[C@@H]3[C@H](C[C@@H]1O2)C3(Br)Br. The van der Waals surface area contributed by atoms with E-state index in [2.05, 4.69) is 52.6 Å². The fraction of sp³-hybridized carbons (Fsp3) is 1.00. The average molecular weight is 408 g/mol. The van der Waals surface area contributed by atoms with Gasteiger partial charge in [-0.15, -0.1) is 0 Å². The molecule has 0 radical (unpaired) electrons. The standard InChI is InChI=1S/C16H24Br2O2/c1-8(2)10-5-4-9(3)7-15(10)19-12-6-11-13(14(12)20-15)16(11,17)18/h8-14H,4-7H2,1-3H3/t9-,10+,11+,12+,13+,14+,15+/m1/s1. The summed E-state index contributed by atoms with van der Waals surface area (Å²) in [5, 5.41) is 0. The van der Waals surface area contributed by atoms with Crippen molar-refractivity contribution >= 4 is 31.9 Å². The molecule has 7 atom stereocenters. The normalized spacial score (nSPS) is 56.1. The number of alkyl halides is 2. The topological polar surface area (TPSA) is 18.5 Å².